The van der Waals surface area contributed by atoms with Crippen LogP contribution >= 0.6 is 0 Å². The Morgan fingerprint density at radius 2 is 1.70 bits per heavy atom. The number of methoxy groups -OCH3 is 2. The maximum absolute atomic E-state index is 13.5. The molecule has 0 spiro atoms. The normalized spacial score (nSPS) is 14.9. The van der Waals surface area contributed by atoms with Gasteiger partial charge in [-0.05, 0) is 35.4 Å². The fraction of sp³-hybridized carbons (Fsp3) is 0.160. The van der Waals surface area contributed by atoms with Crippen LogP contribution in [-0.2, 0) is 6.54 Å². The second kappa shape index (κ2) is 8.31. The molecule has 1 unspecified atom stereocenters. The smallest absolute Gasteiger partial charge is 0.273 e. The van der Waals surface area contributed by atoms with E-state index >= 15 is 0 Å². The minimum atomic E-state index is -0.474. The van der Waals surface area contributed by atoms with Crippen molar-refractivity contribution in [3.8, 4) is 28.5 Å². The average molecular weight is 442 g/mol. The van der Waals surface area contributed by atoms with E-state index in [0.717, 1.165) is 22.3 Å². The lowest BCUT2D eigenvalue weighted by molar-refractivity contribution is 0.0729. The summed E-state index contributed by atoms with van der Waals surface area (Å²) in [7, 11) is 2.96. The van der Waals surface area contributed by atoms with Gasteiger partial charge in [-0.1, -0.05) is 30.3 Å². The predicted molar refractivity (Wildman–Crippen MR) is 121 cm³/mol. The molecule has 8 nitrogen and oxygen atoms in total. The second-order valence-corrected chi connectivity index (χ2v) is 7.69. The Hall–Kier alpha value is -4.33. The number of H-pyrrole nitrogens is 1. The van der Waals surface area contributed by atoms with Crippen LogP contribution in [0.4, 0.5) is 0 Å². The third-order valence-corrected chi connectivity index (χ3v) is 5.83. The molecule has 8 heteroatoms. The number of aromatic hydroxyl groups is 1. The number of aromatic amines is 1. The lowest BCUT2D eigenvalue weighted by atomic mass is 9.95. The fourth-order valence-electron chi connectivity index (χ4n) is 4.28. The summed E-state index contributed by atoms with van der Waals surface area (Å²) in [4.78, 5) is 19.4. The molecule has 1 amide bonds. The summed E-state index contributed by atoms with van der Waals surface area (Å²) in [5, 5.41) is 17.9. The molecule has 0 radical (unpaired) electrons. The van der Waals surface area contributed by atoms with Gasteiger partial charge in [0.25, 0.3) is 5.91 Å². The van der Waals surface area contributed by atoms with Gasteiger partial charge in [0.15, 0.2) is 11.5 Å². The average Bonchev–Trinajstić information content (AvgIpc) is 3.40. The Labute approximate surface area is 190 Å². The van der Waals surface area contributed by atoms with Crippen molar-refractivity contribution < 1.29 is 19.4 Å². The molecule has 1 atom stereocenters. The number of fused-ring (bicyclic) bond motifs is 1. The number of rotatable bonds is 6. The summed E-state index contributed by atoms with van der Waals surface area (Å²) in [5.41, 5.74) is 4.50. The molecule has 166 valence electrons. The lowest BCUT2D eigenvalue weighted by Gasteiger charge is -2.27. The Morgan fingerprint density at radius 1 is 1.03 bits per heavy atom. The molecule has 3 heterocycles. The van der Waals surface area contributed by atoms with Crippen LogP contribution in [0.15, 0.2) is 67.0 Å². The van der Waals surface area contributed by atoms with Crippen LogP contribution in [0.1, 0.15) is 33.2 Å². The van der Waals surface area contributed by atoms with Crippen molar-refractivity contribution in [3.05, 3.63) is 89.4 Å². The van der Waals surface area contributed by atoms with Gasteiger partial charge in [-0.2, -0.15) is 5.10 Å². The zero-order valence-corrected chi connectivity index (χ0v) is 18.1. The summed E-state index contributed by atoms with van der Waals surface area (Å²) < 4.78 is 10.8. The quantitative estimate of drug-likeness (QED) is 0.469. The zero-order valence-electron chi connectivity index (χ0n) is 18.1. The number of nitrogens with zero attached hydrogens (tertiary/aromatic N) is 3. The Morgan fingerprint density at radius 3 is 2.33 bits per heavy atom. The number of hydrogen-bond acceptors (Lipinski definition) is 6. The van der Waals surface area contributed by atoms with E-state index in [-0.39, 0.29) is 23.2 Å². The molecule has 0 fully saturated rings. The van der Waals surface area contributed by atoms with Gasteiger partial charge in [0.05, 0.1) is 26.0 Å². The van der Waals surface area contributed by atoms with E-state index in [1.54, 1.807) is 29.4 Å². The van der Waals surface area contributed by atoms with E-state index in [1.165, 1.54) is 14.2 Å². The number of phenols is 1. The van der Waals surface area contributed by atoms with Gasteiger partial charge >= 0.3 is 0 Å². The summed E-state index contributed by atoms with van der Waals surface area (Å²) in [6.07, 6.45) is 3.40. The number of benzene rings is 2. The van der Waals surface area contributed by atoms with Crippen LogP contribution < -0.4 is 9.47 Å². The highest BCUT2D eigenvalue weighted by Gasteiger charge is 2.42. The van der Waals surface area contributed by atoms with Crippen LogP contribution in [0.25, 0.3) is 11.3 Å². The number of amides is 1. The van der Waals surface area contributed by atoms with Gasteiger partial charge < -0.3 is 19.5 Å². The predicted octanol–water partition coefficient (Wildman–Crippen LogP) is 3.94. The molecule has 2 N–H and O–H groups in total. The van der Waals surface area contributed by atoms with Crippen molar-refractivity contribution in [2.75, 3.05) is 14.2 Å². The van der Waals surface area contributed by atoms with Gasteiger partial charge in [-0.25, -0.2) is 0 Å². The summed E-state index contributed by atoms with van der Waals surface area (Å²) in [6, 6.07) is 16.5. The van der Waals surface area contributed by atoms with Crippen LogP contribution in [-0.4, -0.2) is 45.3 Å². The fourth-order valence-corrected chi connectivity index (χ4v) is 4.28. The molecule has 33 heavy (non-hydrogen) atoms. The molecule has 0 bridgehead atoms. The summed E-state index contributed by atoms with van der Waals surface area (Å²) in [5.74, 6) is 0.273. The second-order valence-electron chi connectivity index (χ2n) is 7.69. The topological polar surface area (TPSA) is 101 Å². The van der Waals surface area contributed by atoms with Crippen LogP contribution in [0.2, 0.25) is 0 Å². The number of nitrogens with one attached hydrogen (secondary N) is 1. The maximum atomic E-state index is 13.5. The highest BCUT2D eigenvalue weighted by molar-refractivity contribution is 6.00. The Kier molecular flexibility index (Phi) is 5.18. The molecule has 0 saturated carbocycles. The van der Waals surface area contributed by atoms with E-state index in [9.17, 15) is 9.90 Å². The zero-order chi connectivity index (χ0) is 22.9. The third-order valence-electron chi connectivity index (χ3n) is 5.83. The van der Waals surface area contributed by atoms with Gasteiger partial charge in [0.1, 0.15) is 5.69 Å². The summed E-state index contributed by atoms with van der Waals surface area (Å²) >= 11 is 0. The molecule has 0 aliphatic carbocycles. The van der Waals surface area contributed by atoms with Gasteiger partial charge in [0, 0.05) is 30.1 Å². The van der Waals surface area contributed by atoms with Gasteiger partial charge in [0.2, 0.25) is 5.75 Å². The first-order chi connectivity index (χ1) is 16.1. The molecule has 1 aliphatic rings. The number of carbonyl (C=O) groups is 1. The van der Waals surface area contributed by atoms with Gasteiger partial charge in [-0.15, -0.1) is 0 Å². The van der Waals surface area contributed by atoms with Crippen LogP contribution in [0, 0.1) is 0 Å². The summed E-state index contributed by atoms with van der Waals surface area (Å²) in [6.45, 7) is 0.369. The number of aromatic nitrogens is 3. The molecule has 5 rings (SSSR count). The monoisotopic (exact) mass is 442 g/mol. The third kappa shape index (κ3) is 3.45. The number of ether oxygens (including phenoxy) is 2. The first kappa shape index (κ1) is 20.6. The van der Waals surface area contributed by atoms with E-state index in [1.807, 2.05) is 42.5 Å². The highest BCUT2D eigenvalue weighted by Crippen LogP contribution is 2.47. The van der Waals surface area contributed by atoms with Gasteiger partial charge in [-0.3, -0.25) is 14.9 Å². The van der Waals surface area contributed by atoms with E-state index in [2.05, 4.69) is 15.2 Å². The van der Waals surface area contributed by atoms with Crippen molar-refractivity contribution >= 4 is 5.91 Å². The molecule has 0 saturated heterocycles. The van der Waals surface area contributed by atoms with Crippen molar-refractivity contribution in [1.29, 1.82) is 0 Å². The Balaban J connectivity index is 1.70. The standard InChI is InChI=1S/C25H22N4O4/c1-32-18-12-17(13-19(33-2)24(18)30)23-20-21(16-6-4-3-5-7-16)27-28-22(20)25(31)29(23)14-15-8-10-26-11-9-15/h3-13,23,30H,14H2,1-2H3,(H,27,28). The van der Waals surface area contributed by atoms with E-state index in [0.29, 0.717) is 17.9 Å². The largest absolute Gasteiger partial charge is 0.502 e. The molecule has 2 aromatic carbocycles. The SMILES string of the molecule is COc1cc(C2c3c(-c4ccccc4)n[nH]c3C(=O)N2Cc2ccncc2)cc(OC)c1O. The first-order valence-corrected chi connectivity index (χ1v) is 10.4. The number of hydrogen-bond donors (Lipinski definition) is 2. The molecule has 1 aliphatic heterocycles. The lowest BCUT2D eigenvalue weighted by Crippen LogP contribution is -2.29. The molecular formula is C25H22N4O4. The van der Waals surface area contributed by atoms with Crippen molar-refractivity contribution in [1.82, 2.24) is 20.1 Å². The van der Waals surface area contributed by atoms with E-state index < -0.39 is 6.04 Å². The number of pyridine rings is 1. The molecular weight excluding hydrogens is 420 g/mol. The minimum absolute atomic E-state index is 0.0931. The van der Waals surface area contributed by atoms with Crippen molar-refractivity contribution in [2.24, 2.45) is 0 Å². The Bertz CT molecular complexity index is 1280. The minimum Gasteiger partial charge on any atom is -0.502 e. The van der Waals surface area contributed by atoms with Crippen LogP contribution in [0.3, 0.4) is 0 Å². The van der Waals surface area contributed by atoms with E-state index in [4.69, 9.17) is 9.47 Å². The highest BCUT2D eigenvalue weighted by atomic mass is 16.5. The molecule has 4 aromatic rings. The molecule has 2 aromatic heterocycles. The van der Waals surface area contributed by atoms with Crippen LogP contribution in [0.5, 0.6) is 17.2 Å². The first-order valence-electron chi connectivity index (χ1n) is 10.4. The van der Waals surface area contributed by atoms with Crippen molar-refractivity contribution in [2.45, 2.75) is 12.6 Å². The van der Waals surface area contributed by atoms with Crippen molar-refractivity contribution in [3.63, 3.8) is 0 Å². The number of carbonyl (C=O) groups excluding carboxylic acids is 1. The maximum Gasteiger partial charge on any atom is 0.273 e. The number of phenolic OH excluding ortho intramolecular Hbond substituents is 1.